The molecule has 0 N–H and O–H groups in total. The summed E-state index contributed by atoms with van der Waals surface area (Å²) in [4.78, 5) is 33.1. The van der Waals surface area contributed by atoms with E-state index in [0.717, 1.165) is 23.1 Å². The van der Waals surface area contributed by atoms with Crippen molar-refractivity contribution in [3.8, 4) is 0 Å². The van der Waals surface area contributed by atoms with Gasteiger partial charge in [-0.15, -0.1) is 0 Å². The third-order valence-electron chi connectivity index (χ3n) is 5.00. The van der Waals surface area contributed by atoms with Crippen LogP contribution in [0.15, 0.2) is 111 Å². The molecule has 7 nitrogen and oxygen atoms in total. The Hall–Kier alpha value is -3.82. The Labute approximate surface area is 211 Å². The second-order valence-corrected chi connectivity index (χ2v) is 9.27. The summed E-state index contributed by atoms with van der Waals surface area (Å²) in [6, 6.07) is 28.3. The quantitative estimate of drug-likeness (QED) is 0.328. The molecule has 0 atom stereocenters. The normalized spacial score (nSPS) is 18.8. The fourth-order valence-electron chi connectivity index (χ4n) is 3.45. The van der Waals surface area contributed by atoms with Crippen molar-refractivity contribution in [2.45, 2.75) is 6.92 Å². The van der Waals surface area contributed by atoms with Crippen LogP contribution in [-0.4, -0.2) is 28.7 Å². The van der Waals surface area contributed by atoms with E-state index in [1.165, 1.54) is 11.8 Å². The van der Waals surface area contributed by atoms with Crippen LogP contribution < -0.4 is 9.91 Å². The molecule has 0 saturated carbocycles. The molecule has 2 aliphatic rings. The minimum Gasteiger partial charge on any atom is -0.461 e. The van der Waals surface area contributed by atoms with E-state index in [0.29, 0.717) is 20.8 Å². The molecule has 5 rings (SSSR count). The number of hydrogen-bond acceptors (Lipinski definition) is 8. The number of nitrogens with zero attached hydrogens (tertiary/aromatic N) is 4. The third-order valence-corrected chi connectivity index (χ3v) is 7.17. The predicted octanol–water partition coefficient (Wildman–Crippen LogP) is 5.75. The van der Waals surface area contributed by atoms with Crippen molar-refractivity contribution in [3.63, 3.8) is 0 Å². The number of hydrogen-bond donors (Lipinski definition) is 0. The van der Waals surface area contributed by atoms with E-state index in [-0.39, 0.29) is 17.6 Å². The van der Waals surface area contributed by atoms with Gasteiger partial charge in [0, 0.05) is 0 Å². The van der Waals surface area contributed by atoms with Gasteiger partial charge in [0.2, 0.25) is 5.04 Å². The number of para-hydroxylation sites is 3. The van der Waals surface area contributed by atoms with Crippen molar-refractivity contribution in [1.82, 2.24) is 0 Å². The highest BCUT2D eigenvalue weighted by Crippen LogP contribution is 2.45. The molecule has 0 bridgehead atoms. The Morgan fingerprint density at radius 2 is 1.49 bits per heavy atom. The number of esters is 1. The number of benzene rings is 3. The van der Waals surface area contributed by atoms with Gasteiger partial charge in [-0.2, -0.15) is 5.10 Å². The van der Waals surface area contributed by atoms with Gasteiger partial charge in [0.15, 0.2) is 5.17 Å². The maximum absolute atomic E-state index is 13.8. The van der Waals surface area contributed by atoms with E-state index in [2.05, 4.69) is 5.10 Å². The fraction of sp³-hybridized carbons (Fsp3) is 0.0769. The zero-order chi connectivity index (χ0) is 24.2. The van der Waals surface area contributed by atoms with Crippen molar-refractivity contribution < 1.29 is 14.3 Å². The van der Waals surface area contributed by atoms with Gasteiger partial charge in [-0.3, -0.25) is 9.69 Å². The molecule has 0 unspecified atom stereocenters. The molecule has 1 amide bonds. The predicted molar refractivity (Wildman–Crippen MR) is 143 cm³/mol. The van der Waals surface area contributed by atoms with Gasteiger partial charge in [0.25, 0.3) is 5.91 Å². The van der Waals surface area contributed by atoms with Crippen molar-refractivity contribution in [2.24, 2.45) is 10.1 Å². The summed E-state index contributed by atoms with van der Waals surface area (Å²) in [6.07, 6.45) is 0. The van der Waals surface area contributed by atoms with Gasteiger partial charge in [-0.1, -0.05) is 54.6 Å². The lowest BCUT2D eigenvalue weighted by Gasteiger charge is -2.17. The first-order valence-electron chi connectivity index (χ1n) is 10.9. The second kappa shape index (κ2) is 10.2. The van der Waals surface area contributed by atoms with E-state index in [1.54, 1.807) is 16.8 Å². The van der Waals surface area contributed by atoms with Crippen LogP contribution in [0.1, 0.15) is 6.92 Å². The highest BCUT2D eigenvalue weighted by atomic mass is 32.2. The van der Waals surface area contributed by atoms with Gasteiger partial charge in [-0.05, 0) is 66.8 Å². The molecular formula is C26H20N4O3S2. The number of ether oxygens (including phenoxy) is 1. The molecule has 2 aliphatic heterocycles. The van der Waals surface area contributed by atoms with Crippen LogP contribution in [0.2, 0.25) is 0 Å². The molecule has 35 heavy (non-hydrogen) atoms. The fourth-order valence-corrected chi connectivity index (χ4v) is 5.52. The number of amides is 1. The first kappa shape index (κ1) is 22.9. The van der Waals surface area contributed by atoms with Crippen LogP contribution in [0.4, 0.5) is 17.1 Å². The maximum Gasteiger partial charge on any atom is 0.365 e. The molecule has 1 fully saturated rings. The van der Waals surface area contributed by atoms with Crippen molar-refractivity contribution in [1.29, 1.82) is 0 Å². The zero-order valence-corrected chi connectivity index (χ0v) is 20.3. The molecule has 174 valence electrons. The van der Waals surface area contributed by atoms with Gasteiger partial charge >= 0.3 is 5.97 Å². The summed E-state index contributed by atoms with van der Waals surface area (Å²) >= 11 is 2.38. The molecular weight excluding hydrogens is 480 g/mol. The Morgan fingerprint density at radius 3 is 2.11 bits per heavy atom. The minimum absolute atomic E-state index is 0.173. The number of aliphatic imine (C=N–C) groups is 1. The Balaban J connectivity index is 1.62. The van der Waals surface area contributed by atoms with Gasteiger partial charge in [0.05, 0.1) is 23.7 Å². The summed E-state index contributed by atoms with van der Waals surface area (Å²) in [6.45, 7) is 1.98. The Kier molecular flexibility index (Phi) is 6.69. The standard InChI is InChI=1S/C26H20N4O3S2/c1-2-33-25(32)22-28-30(20-16-10-5-11-17-20)24(35-22)21-23(31)29(19-14-8-4-9-15-19)26(34-21)27-18-12-6-3-7-13-18/h3-17H,2H2,1H3/b24-21+,27-26?. The lowest BCUT2D eigenvalue weighted by Crippen LogP contribution is -2.29. The van der Waals surface area contributed by atoms with E-state index in [1.807, 2.05) is 91.0 Å². The molecule has 3 aromatic rings. The SMILES string of the molecule is CCOC(=O)C1=NN(c2ccccc2)/C(=C2\SC(=Nc3ccccc3)N(c3ccccc3)C2=O)S1. The summed E-state index contributed by atoms with van der Waals surface area (Å²) in [5, 5.41) is 7.35. The molecule has 1 saturated heterocycles. The number of anilines is 2. The van der Waals surface area contributed by atoms with E-state index >= 15 is 0 Å². The smallest absolute Gasteiger partial charge is 0.365 e. The largest absolute Gasteiger partial charge is 0.461 e. The number of rotatable bonds is 5. The van der Waals surface area contributed by atoms with Crippen molar-refractivity contribution in [3.05, 3.63) is 101 Å². The van der Waals surface area contributed by atoms with Crippen LogP contribution in [0.3, 0.4) is 0 Å². The monoisotopic (exact) mass is 500 g/mol. The molecule has 3 aromatic carbocycles. The molecule has 9 heteroatoms. The molecule has 0 aromatic heterocycles. The maximum atomic E-state index is 13.8. The lowest BCUT2D eigenvalue weighted by atomic mass is 10.3. The zero-order valence-electron chi connectivity index (χ0n) is 18.7. The van der Waals surface area contributed by atoms with Gasteiger partial charge < -0.3 is 4.74 Å². The van der Waals surface area contributed by atoms with Gasteiger partial charge in [-0.25, -0.2) is 14.8 Å². The number of amidine groups is 1. The van der Waals surface area contributed by atoms with Crippen molar-refractivity contribution >= 4 is 62.7 Å². The summed E-state index contributed by atoms with van der Waals surface area (Å²) in [7, 11) is 0. The number of carbonyl (C=O) groups is 2. The van der Waals surface area contributed by atoms with Crippen LogP contribution >= 0.6 is 23.5 Å². The summed E-state index contributed by atoms with van der Waals surface area (Å²) in [5.74, 6) is -0.762. The van der Waals surface area contributed by atoms with E-state index in [9.17, 15) is 9.59 Å². The molecule has 0 spiro atoms. The lowest BCUT2D eigenvalue weighted by molar-refractivity contribution is -0.134. The van der Waals surface area contributed by atoms with Crippen LogP contribution in [0, 0.1) is 0 Å². The average molecular weight is 501 g/mol. The average Bonchev–Trinajstić information content (AvgIpc) is 3.47. The van der Waals surface area contributed by atoms with Gasteiger partial charge in [0.1, 0.15) is 9.93 Å². The third kappa shape index (κ3) is 4.73. The van der Waals surface area contributed by atoms with E-state index in [4.69, 9.17) is 9.73 Å². The van der Waals surface area contributed by atoms with Crippen LogP contribution in [0.5, 0.6) is 0 Å². The topological polar surface area (TPSA) is 74.6 Å². The second-order valence-electron chi connectivity index (χ2n) is 7.32. The molecule has 2 heterocycles. The number of hydrazone groups is 1. The molecule has 0 radical (unpaired) electrons. The van der Waals surface area contributed by atoms with E-state index < -0.39 is 5.97 Å². The first-order valence-corrected chi connectivity index (χ1v) is 12.5. The highest BCUT2D eigenvalue weighted by molar-refractivity contribution is 8.22. The van der Waals surface area contributed by atoms with Crippen LogP contribution in [-0.2, 0) is 14.3 Å². The first-order chi connectivity index (χ1) is 17.2. The summed E-state index contributed by atoms with van der Waals surface area (Å²) in [5.41, 5.74) is 2.17. The Morgan fingerprint density at radius 1 is 0.886 bits per heavy atom. The van der Waals surface area contributed by atoms with Crippen LogP contribution in [0.25, 0.3) is 0 Å². The van der Waals surface area contributed by atoms with Crippen molar-refractivity contribution in [2.75, 3.05) is 16.5 Å². The highest BCUT2D eigenvalue weighted by Gasteiger charge is 2.41. The molecule has 0 aliphatic carbocycles. The summed E-state index contributed by atoms with van der Waals surface area (Å²) < 4.78 is 5.17. The minimum atomic E-state index is -0.525. The number of carbonyl (C=O) groups excluding carboxylic acids is 2. The Bertz CT molecular complexity index is 1340. The number of thioether (sulfide) groups is 2.